The van der Waals surface area contributed by atoms with Gasteiger partial charge in [-0.2, -0.15) is 0 Å². The van der Waals surface area contributed by atoms with E-state index in [1.54, 1.807) is 21.9 Å². The number of anilines is 1. The topological polar surface area (TPSA) is 60.9 Å². The molecule has 2 fully saturated rings. The first kappa shape index (κ1) is 17.4. The number of benzene rings is 2. The van der Waals surface area contributed by atoms with Gasteiger partial charge in [-0.15, -0.1) is 0 Å². The standard InChI is InChI=1S/C22H21FN2O3/c23-16-7-3-1-5-14(16)22(28)25-18-11-24(21(27)13-9-10-13)17-8-4-2-6-15(17)20(18)19(25)12-26/h1-8,13,18-20,26H,9-12H2/t18-,19+,20+/m0/s1. The predicted octanol–water partition coefficient (Wildman–Crippen LogP) is 2.55. The summed E-state index contributed by atoms with van der Waals surface area (Å²) in [6.07, 6.45) is 1.81. The summed E-state index contributed by atoms with van der Waals surface area (Å²) in [5.41, 5.74) is 1.85. The lowest BCUT2D eigenvalue weighted by Crippen LogP contribution is -2.70. The van der Waals surface area contributed by atoms with Gasteiger partial charge in [-0.1, -0.05) is 30.3 Å². The maximum Gasteiger partial charge on any atom is 0.257 e. The van der Waals surface area contributed by atoms with Crippen LogP contribution in [0.5, 0.6) is 0 Å². The highest BCUT2D eigenvalue weighted by Crippen LogP contribution is 2.49. The number of carbonyl (C=O) groups is 2. The fraction of sp³-hybridized carbons (Fsp3) is 0.364. The van der Waals surface area contributed by atoms with Crippen molar-refractivity contribution in [3.63, 3.8) is 0 Å². The van der Waals surface area contributed by atoms with E-state index in [0.717, 1.165) is 24.1 Å². The second-order valence-electron chi connectivity index (χ2n) is 7.82. The molecule has 1 aliphatic carbocycles. The van der Waals surface area contributed by atoms with E-state index in [1.165, 1.54) is 12.1 Å². The summed E-state index contributed by atoms with van der Waals surface area (Å²) < 4.78 is 14.2. The average molecular weight is 380 g/mol. The SMILES string of the molecule is O=C(C1CC1)N1C[C@H]2[C@@H](c3ccccc31)[C@@H](CO)N2C(=O)c1ccccc1F. The van der Waals surface area contributed by atoms with E-state index in [9.17, 15) is 19.1 Å². The van der Waals surface area contributed by atoms with Gasteiger partial charge in [-0.05, 0) is 36.6 Å². The first-order chi connectivity index (χ1) is 13.6. The van der Waals surface area contributed by atoms with Crippen LogP contribution in [-0.4, -0.2) is 47.1 Å². The van der Waals surface area contributed by atoms with Gasteiger partial charge in [-0.25, -0.2) is 4.39 Å². The summed E-state index contributed by atoms with van der Waals surface area (Å²) in [4.78, 5) is 29.3. The van der Waals surface area contributed by atoms with Crippen molar-refractivity contribution in [2.75, 3.05) is 18.1 Å². The van der Waals surface area contributed by atoms with Gasteiger partial charge < -0.3 is 14.9 Å². The molecule has 2 aromatic carbocycles. The van der Waals surface area contributed by atoms with E-state index in [-0.39, 0.29) is 36.0 Å². The minimum absolute atomic E-state index is 0.00155. The molecule has 6 heteroatoms. The van der Waals surface area contributed by atoms with Crippen LogP contribution in [0.4, 0.5) is 10.1 Å². The third kappa shape index (κ3) is 2.48. The van der Waals surface area contributed by atoms with Crippen molar-refractivity contribution in [1.82, 2.24) is 4.90 Å². The van der Waals surface area contributed by atoms with Crippen LogP contribution in [0.2, 0.25) is 0 Å². The van der Waals surface area contributed by atoms with E-state index < -0.39 is 17.8 Å². The molecule has 5 nitrogen and oxygen atoms in total. The number of halogens is 1. The number of likely N-dealkylation sites (tertiary alicyclic amines) is 1. The quantitative estimate of drug-likeness (QED) is 0.890. The van der Waals surface area contributed by atoms with Crippen molar-refractivity contribution in [3.05, 3.63) is 65.5 Å². The summed E-state index contributed by atoms with van der Waals surface area (Å²) in [5, 5.41) is 9.99. The Morgan fingerprint density at radius 1 is 1.07 bits per heavy atom. The monoisotopic (exact) mass is 380 g/mol. The van der Waals surface area contributed by atoms with E-state index in [1.807, 2.05) is 24.3 Å². The summed E-state index contributed by atoms with van der Waals surface area (Å²) in [5.74, 6) is -0.905. The smallest absolute Gasteiger partial charge is 0.257 e. The van der Waals surface area contributed by atoms with Crippen LogP contribution in [-0.2, 0) is 4.79 Å². The van der Waals surface area contributed by atoms with Crippen LogP contribution < -0.4 is 4.90 Å². The van der Waals surface area contributed by atoms with Gasteiger partial charge in [0.05, 0.1) is 24.3 Å². The Bertz CT molecular complexity index is 958. The fourth-order valence-electron chi connectivity index (χ4n) is 4.70. The van der Waals surface area contributed by atoms with Crippen LogP contribution in [0.1, 0.15) is 34.7 Å². The van der Waals surface area contributed by atoms with Gasteiger partial charge in [0.15, 0.2) is 0 Å². The van der Waals surface area contributed by atoms with E-state index in [0.29, 0.717) is 6.54 Å². The first-order valence-electron chi connectivity index (χ1n) is 9.70. The molecule has 1 N–H and O–H groups in total. The summed E-state index contributed by atoms with van der Waals surface area (Å²) in [6.45, 7) is 0.181. The molecule has 1 saturated heterocycles. The zero-order chi connectivity index (χ0) is 19.4. The second kappa shape index (κ2) is 6.41. The number of carbonyl (C=O) groups excluding carboxylic acids is 2. The molecule has 3 atom stereocenters. The number of amides is 2. The Morgan fingerprint density at radius 3 is 2.50 bits per heavy atom. The number of nitrogens with zero attached hydrogens (tertiary/aromatic N) is 2. The number of aliphatic hydroxyl groups excluding tert-OH is 1. The van der Waals surface area contributed by atoms with Gasteiger partial charge in [0.25, 0.3) is 5.91 Å². The molecule has 2 aromatic rings. The first-order valence-corrected chi connectivity index (χ1v) is 9.70. The van der Waals surface area contributed by atoms with Crippen molar-refractivity contribution < 1.29 is 19.1 Å². The predicted molar refractivity (Wildman–Crippen MR) is 101 cm³/mol. The molecular weight excluding hydrogens is 359 g/mol. The minimum Gasteiger partial charge on any atom is -0.394 e. The maximum absolute atomic E-state index is 14.2. The van der Waals surface area contributed by atoms with Crippen molar-refractivity contribution in [1.29, 1.82) is 0 Å². The second-order valence-corrected chi connectivity index (χ2v) is 7.82. The summed E-state index contributed by atoms with van der Waals surface area (Å²) >= 11 is 0. The molecule has 2 amide bonds. The summed E-state index contributed by atoms with van der Waals surface area (Å²) in [6, 6.07) is 12.9. The number of hydrogen-bond donors (Lipinski definition) is 1. The molecule has 0 bridgehead atoms. The van der Waals surface area contributed by atoms with Crippen LogP contribution in [0.25, 0.3) is 0 Å². The molecule has 0 aromatic heterocycles. The molecule has 3 aliphatic rings. The molecule has 2 aliphatic heterocycles. The Morgan fingerprint density at radius 2 is 1.79 bits per heavy atom. The van der Waals surface area contributed by atoms with Crippen LogP contribution in [0, 0.1) is 11.7 Å². The molecule has 2 heterocycles. The van der Waals surface area contributed by atoms with Gasteiger partial charge >= 0.3 is 0 Å². The fourth-order valence-corrected chi connectivity index (χ4v) is 4.70. The number of fused-ring (bicyclic) bond motifs is 3. The van der Waals surface area contributed by atoms with Crippen LogP contribution in [0.3, 0.4) is 0 Å². The van der Waals surface area contributed by atoms with Crippen molar-refractivity contribution in [3.8, 4) is 0 Å². The third-order valence-electron chi connectivity index (χ3n) is 6.22. The van der Waals surface area contributed by atoms with Gasteiger partial charge in [0.2, 0.25) is 5.91 Å². The maximum atomic E-state index is 14.2. The van der Waals surface area contributed by atoms with Crippen molar-refractivity contribution in [2.45, 2.75) is 30.8 Å². The largest absolute Gasteiger partial charge is 0.394 e. The highest BCUT2D eigenvalue weighted by molar-refractivity contribution is 6.00. The average Bonchev–Trinajstić information content (AvgIpc) is 3.53. The highest BCUT2D eigenvalue weighted by Gasteiger charge is 2.56. The Balaban J connectivity index is 1.53. The molecule has 144 valence electrons. The number of rotatable bonds is 3. The zero-order valence-corrected chi connectivity index (χ0v) is 15.3. The zero-order valence-electron chi connectivity index (χ0n) is 15.3. The van der Waals surface area contributed by atoms with Crippen molar-refractivity contribution >= 4 is 17.5 Å². The van der Waals surface area contributed by atoms with E-state index in [2.05, 4.69) is 0 Å². The van der Waals surface area contributed by atoms with Gasteiger partial charge in [0, 0.05) is 24.1 Å². The highest BCUT2D eigenvalue weighted by atomic mass is 19.1. The van der Waals surface area contributed by atoms with Crippen LogP contribution in [0.15, 0.2) is 48.5 Å². The lowest BCUT2D eigenvalue weighted by molar-refractivity contribution is -0.120. The Kier molecular flexibility index (Phi) is 3.98. The van der Waals surface area contributed by atoms with E-state index >= 15 is 0 Å². The van der Waals surface area contributed by atoms with Gasteiger partial charge in [0.1, 0.15) is 5.82 Å². The number of aliphatic hydroxyl groups is 1. The van der Waals surface area contributed by atoms with Crippen LogP contribution >= 0.6 is 0 Å². The molecule has 1 saturated carbocycles. The number of para-hydroxylation sites is 1. The molecule has 28 heavy (non-hydrogen) atoms. The lowest BCUT2D eigenvalue weighted by atomic mass is 9.71. The Hall–Kier alpha value is -2.73. The molecule has 0 unspecified atom stereocenters. The third-order valence-corrected chi connectivity index (χ3v) is 6.22. The minimum atomic E-state index is -0.574. The molecule has 0 spiro atoms. The lowest BCUT2D eigenvalue weighted by Gasteiger charge is -2.59. The Labute approximate surface area is 162 Å². The summed E-state index contributed by atoms with van der Waals surface area (Å²) in [7, 11) is 0. The normalized spacial score (nSPS) is 25.6. The van der Waals surface area contributed by atoms with Gasteiger partial charge in [-0.3, -0.25) is 9.59 Å². The van der Waals surface area contributed by atoms with E-state index in [4.69, 9.17) is 0 Å². The molecule has 0 radical (unpaired) electrons. The molecular formula is C22H21FN2O3. The van der Waals surface area contributed by atoms with Crippen molar-refractivity contribution in [2.24, 2.45) is 5.92 Å². The molecule has 5 rings (SSSR count). The number of hydrogen-bond acceptors (Lipinski definition) is 3.